The third-order valence-corrected chi connectivity index (χ3v) is 3.24. The van der Waals surface area contributed by atoms with Crippen LogP contribution in [0.15, 0.2) is 48.5 Å². The van der Waals surface area contributed by atoms with Gasteiger partial charge in [0.25, 0.3) is 5.91 Å². The van der Waals surface area contributed by atoms with E-state index in [2.05, 4.69) is 5.32 Å². The van der Waals surface area contributed by atoms with Crippen molar-refractivity contribution in [2.45, 2.75) is 6.92 Å². The molecule has 0 radical (unpaired) electrons. The summed E-state index contributed by atoms with van der Waals surface area (Å²) in [4.78, 5) is 35.5. The molecule has 0 saturated carbocycles. The van der Waals surface area contributed by atoms with E-state index in [-0.39, 0.29) is 11.3 Å². The zero-order valence-corrected chi connectivity index (χ0v) is 13.4. The van der Waals surface area contributed by atoms with Crippen molar-refractivity contribution in [3.05, 3.63) is 59.7 Å². The molecule has 6 nitrogen and oxygen atoms in total. The summed E-state index contributed by atoms with van der Waals surface area (Å²) in [5.41, 5.74) is 1.00. The Labute approximate surface area is 139 Å². The number of nitrogens with one attached hydrogen (secondary N) is 1. The van der Waals surface area contributed by atoms with Crippen LogP contribution in [0.25, 0.3) is 0 Å². The highest BCUT2D eigenvalue weighted by Crippen LogP contribution is 2.18. The lowest BCUT2D eigenvalue weighted by Crippen LogP contribution is -2.22. The molecule has 0 unspecified atom stereocenters. The van der Waals surface area contributed by atoms with E-state index in [1.165, 1.54) is 14.0 Å². The van der Waals surface area contributed by atoms with Gasteiger partial charge >= 0.3 is 5.97 Å². The Morgan fingerprint density at radius 3 is 2.25 bits per heavy atom. The highest BCUT2D eigenvalue weighted by molar-refractivity contribution is 6.04. The van der Waals surface area contributed by atoms with Crippen LogP contribution in [0.3, 0.4) is 0 Å². The number of benzene rings is 2. The quantitative estimate of drug-likeness (QED) is 0.651. The number of ether oxygens (including phenoxy) is 2. The first-order valence-corrected chi connectivity index (χ1v) is 7.23. The summed E-state index contributed by atoms with van der Waals surface area (Å²) in [7, 11) is 1.44. The molecule has 1 amide bonds. The van der Waals surface area contributed by atoms with Crippen molar-refractivity contribution < 1.29 is 23.9 Å². The van der Waals surface area contributed by atoms with Crippen LogP contribution in [0.1, 0.15) is 27.6 Å². The maximum Gasteiger partial charge on any atom is 0.342 e. The summed E-state index contributed by atoms with van der Waals surface area (Å²) in [6.07, 6.45) is 0. The van der Waals surface area contributed by atoms with E-state index in [9.17, 15) is 14.4 Å². The first-order valence-electron chi connectivity index (χ1n) is 7.23. The fraction of sp³-hybridized carbons (Fsp3) is 0.167. The van der Waals surface area contributed by atoms with Crippen molar-refractivity contribution in [1.29, 1.82) is 0 Å². The van der Waals surface area contributed by atoms with E-state index in [0.29, 0.717) is 17.0 Å². The molecule has 0 heterocycles. The Morgan fingerprint density at radius 2 is 1.58 bits per heavy atom. The second-order valence-corrected chi connectivity index (χ2v) is 4.93. The van der Waals surface area contributed by atoms with Gasteiger partial charge in [-0.25, -0.2) is 4.79 Å². The molecule has 124 valence electrons. The van der Waals surface area contributed by atoms with Crippen molar-refractivity contribution in [1.82, 2.24) is 0 Å². The maximum absolute atomic E-state index is 12.0. The van der Waals surface area contributed by atoms with Crippen molar-refractivity contribution in [2.24, 2.45) is 0 Å². The fourth-order valence-corrected chi connectivity index (χ4v) is 2.11. The van der Waals surface area contributed by atoms with E-state index in [0.717, 1.165) is 0 Å². The monoisotopic (exact) mass is 327 g/mol. The molecule has 2 rings (SSSR count). The average molecular weight is 327 g/mol. The number of hydrogen-bond donors (Lipinski definition) is 1. The molecule has 0 fully saturated rings. The summed E-state index contributed by atoms with van der Waals surface area (Å²) in [5, 5.41) is 2.56. The molecule has 0 aliphatic heterocycles. The number of methoxy groups -OCH3 is 1. The lowest BCUT2D eigenvalue weighted by atomic mass is 10.1. The van der Waals surface area contributed by atoms with Crippen LogP contribution in [0, 0.1) is 0 Å². The van der Waals surface area contributed by atoms with Crippen LogP contribution in [0.4, 0.5) is 5.69 Å². The Bertz CT molecular complexity index is 770. The van der Waals surface area contributed by atoms with Gasteiger partial charge in [-0.05, 0) is 31.2 Å². The number of hydrogen-bond acceptors (Lipinski definition) is 5. The first-order chi connectivity index (χ1) is 11.5. The van der Waals surface area contributed by atoms with Crippen LogP contribution in [0.5, 0.6) is 5.75 Å². The maximum atomic E-state index is 12.0. The number of Topliss-reactive ketones (excluding diaryl/α,β-unsaturated/α-hetero) is 1. The molecule has 0 aliphatic carbocycles. The standard InChI is InChI=1S/C18H17NO5/c1-12(20)13-7-3-5-9-15(13)19-17(21)11-24-18(22)14-8-4-6-10-16(14)23-2/h3-10H,11H2,1-2H3,(H,19,21). The zero-order chi connectivity index (χ0) is 17.5. The molecule has 0 atom stereocenters. The van der Waals surface area contributed by atoms with Crippen LogP contribution in [-0.2, 0) is 9.53 Å². The zero-order valence-electron chi connectivity index (χ0n) is 13.4. The number of rotatable bonds is 6. The van der Waals surface area contributed by atoms with Gasteiger partial charge in [0.2, 0.25) is 0 Å². The summed E-state index contributed by atoms with van der Waals surface area (Å²) in [6, 6.07) is 13.2. The topological polar surface area (TPSA) is 81.7 Å². The van der Waals surface area contributed by atoms with Crippen molar-refractivity contribution >= 4 is 23.3 Å². The second-order valence-electron chi connectivity index (χ2n) is 4.93. The number of ketones is 1. The third-order valence-electron chi connectivity index (χ3n) is 3.24. The SMILES string of the molecule is COc1ccccc1C(=O)OCC(=O)Nc1ccccc1C(C)=O. The van der Waals surface area contributed by atoms with Crippen LogP contribution < -0.4 is 10.1 Å². The Morgan fingerprint density at radius 1 is 0.958 bits per heavy atom. The molecule has 0 aromatic heterocycles. The van der Waals surface area contributed by atoms with Crippen LogP contribution in [-0.4, -0.2) is 31.4 Å². The number of carbonyl (C=O) groups excluding carboxylic acids is 3. The van der Waals surface area contributed by atoms with E-state index < -0.39 is 18.5 Å². The van der Waals surface area contributed by atoms with E-state index in [1.807, 2.05) is 0 Å². The third kappa shape index (κ3) is 4.19. The molecule has 0 aliphatic rings. The smallest absolute Gasteiger partial charge is 0.342 e. The normalized spacial score (nSPS) is 9.92. The Kier molecular flexibility index (Phi) is 5.68. The summed E-state index contributed by atoms with van der Waals surface area (Å²) >= 11 is 0. The molecule has 1 N–H and O–H groups in total. The highest BCUT2D eigenvalue weighted by Gasteiger charge is 2.15. The second kappa shape index (κ2) is 7.92. The van der Waals surface area contributed by atoms with Gasteiger partial charge in [-0.15, -0.1) is 0 Å². The lowest BCUT2D eigenvalue weighted by Gasteiger charge is -2.10. The number of esters is 1. The van der Waals surface area contributed by atoms with Gasteiger partial charge in [-0.1, -0.05) is 24.3 Å². The molecule has 0 bridgehead atoms. The largest absolute Gasteiger partial charge is 0.496 e. The molecule has 0 spiro atoms. The number of carbonyl (C=O) groups is 3. The van der Waals surface area contributed by atoms with Gasteiger partial charge in [0.05, 0.1) is 12.8 Å². The van der Waals surface area contributed by atoms with Gasteiger partial charge in [0.15, 0.2) is 12.4 Å². The average Bonchev–Trinajstić information content (AvgIpc) is 2.59. The van der Waals surface area contributed by atoms with Gasteiger partial charge in [0, 0.05) is 5.56 Å². The van der Waals surface area contributed by atoms with Gasteiger partial charge in [-0.2, -0.15) is 0 Å². The molecule has 6 heteroatoms. The molecule has 0 saturated heterocycles. The molecular formula is C18H17NO5. The fourth-order valence-electron chi connectivity index (χ4n) is 2.11. The Balaban J connectivity index is 1.99. The van der Waals surface area contributed by atoms with Crippen molar-refractivity contribution in [2.75, 3.05) is 19.0 Å². The minimum Gasteiger partial charge on any atom is -0.496 e. The van der Waals surface area contributed by atoms with Crippen LogP contribution >= 0.6 is 0 Å². The summed E-state index contributed by atoms with van der Waals surface area (Å²) in [6.45, 7) is 0.940. The predicted molar refractivity (Wildman–Crippen MR) is 88.4 cm³/mol. The number of para-hydroxylation sites is 2. The van der Waals surface area contributed by atoms with Gasteiger partial charge in [0.1, 0.15) is 11.3 Å². The molecule has 24 heavy (non-hydrogen) atoms. The number of amides is 1. The first kappa shape index (κ1) is 17.2. The lowest BCUT2D eigenvalue weighted by molar-refractivity contribution is -0.119. The van der Waals surface area contributed by atoms with Crippen molar-refractivity contribution in [3.8, 4) is 5.75 Å². The van der Waals surface area contributed by atoms with Gasteiger partial charge in [-0.3, -0.25) is 9.59 Å². The van der Waals surface area contributed by atoms with E-state index >= 15 is 0 Å². The van der Waals surface area contributed by atoms with Gasteiger partial charge < -0.3 is 14.8 Å². The molecular weight excluding hydrogens is 310 g/mol. The van der Waals surface area contributed by atoms with E-state index in [4.69, 9.17) is 9.47 Å². The number of anilines is 1. The molecule has 2 aromatic carbocycles. The predicted octanol–water partition coefficient (Wildman–Crippen LogP) is 2.69. The minimum atomic E-state index is -0.664. The van der Waals surface area contributed by atoms with E-state index in [1.54, 1.807) is 48.5 Å². The minimum absolute atomic E-state index is 0.170. The summed E-state index contributed by atoms with van der Waals surface area (Å²) in [5.74, 6) is -1.00. The van der Waals surface area contributed by atoms with Crippen LogP contribution in [0.2, 0.25) is 0 Å². The Hall–Kier alpha value is -3.15. The highest BCUT2D eigenvalue weighted by atomic mass is 16.5. The van der Waals surface area contributed by atoms with Crippen molar-refractivity contribution in [3.63, 3.8) is 0 Å². The molecule has 2 aromatic rings. The summed E-state index contributed by atoms with van der Waals surface area (Å²) < 4.78 is 10.1.